The highest BCUT2D eigenvalue weighted by Crippen LogP contribution is 2.25. The first-order valence-corrected chi connectivity index (χ1v) is 7.12. The van der Waals surface area contributed by atoms with Crippen molar-refractivity contribution in [2.45, 2.75) is 50.9 Å². The number of furan rings is 1. The molecule has 1 amide bonds. The van der Waals surface area contributed by atoms with Gasteiger partial charge in [-0.15, -0.1) is 11.6 Å². The Labute approximate surface area is 113 Å². The lowest BCUT2D eigenvalue weighted by atomic mass is 10.00. The van der Waals surface area contributed by atoms with Crippen LogP contribution in [0.15, 0.2) is 16.5 Å². The summed E-state index contributed by atoms with van der Waals surface area (Å²) in [6.45, 7) is 4.80. The van der Waals surface area contributed by atoms with Crippen molar-refractivity contribution in [2.24, 2.45) is 0 Å². The Morgan fingerprint density at radius 2 is 2.33 bits per heavy atom. The van der Waals surface area contributed by atoms with Gasteiger partial charge in [0.2, 0.25) is 0 Å². The number of hydrogen-bond donors (Lipinski definition) is 0. The number of carbonyl (C=O) groups excluding carboxylic acids is 1. The molecule has 1 aromatic rings. The van der Waals surface area contributed by atoms with Crippen LogP contribution in [0.25, 0.3) is 0 Å². The molecule has 0 spiro atoms. The molecule has 1 fully saturated rings. The van der Waals surface area contributed by atoms with Crippen LogP contribution in [-0.4, -0.2) is 23.4 Å². The molecule has 0 N–H and O–H groups in total. The van der Waals surface area contributed by atoms with Crippen LogP contribution in [0.2, 0.25) is 0 Å². The maximum absolute atomic E-state index is 12.4. The Balaban J connectivity index is 2.13. The van der Waals surface area contributed by atoms with Crippen molar-refractivity contribution in [1.82, 2.24) is 4.90 Å². The minimum absolute atomic E-state index is 0.00474. The number of likely N-dealkylation sites (tertiary alicyclic amines) is 1. The Bertz CT molecular complexity index is 414. The van der Waals surface area contributed by atoms with Gasteiger partial charge in [-0.05, 0) is 44.7 Å². The summed E-state index contributed by atoms with van der Waals surface area (Å²) < 4.78 is 5.53. The number of alkyl halides is 1. The van der Waals surface area contributed by atoms with Gasteiger partial charge in [0.05, 0.1) is 5.38 Å². The quantitative estimate of drug-likeness (QED) is 0.778. The topological polar surface area (TPSA) is 33.5 Å². The molecule has 1 aliphatic rings. The number of rotatable bonds is 3. The Hall–Kier alpha value is -0.960. The summed E-state index contributed by atoms with van der Waals surface area (Å²) in [5.74, 6) is 1.08. The van der Waals surface area contributed by atoms with E-state index in [1.54, 1.807) is 12.1 Å². The summed E-state index contributed by atoms with van der Waals surface area (Å²) in [5, 5.41) is -0.199. The molecule has 18 heavy (non-hydrogen) atoms. The predicted molar refractivity (Wildman–Crippen MR) is 71.9 cm³/mol. The molecule has 4 heteroatoms. The smallest absolute Gasteiger partial charge is 0.289 e. The zero-order valence-corrected chi connectivity index (χ0v) is 11.7. The maximum atomic E-state index is 12.4. The number of piperidine rings is 1. The van der Waals surface area contributed by atoms with Gasteiger partial charge in [-0.3, -0.25) is 4.79 Å². The van der Waals surface area contributed by atoms with Crippen LogP contribution in [0.3, 0.4) is 0 Å². The summed E-state index contributed by atoms with van der Waals surface area (Å²) in [6, 6.07) is 3.88. The zero-order valence-electron chi connectivity index (χ0n) is 11.0. The standard InChI is InChI=1S/C14H20ClNO2/c1-3-11-6-4-5-9-16(11)14(17)13-8-7-12(18-13)10(2)15/h7-8,10-11H,3-6,9H2,1-2H3. The van der Waals surface area contributed by atoms with Gasteiger partial charge < -0.3 is 9.32 Å². The molecule has 2 rings (SSSR count). The first-order valence-electron chi connectivity index (χ1n) is 6.68. The van der Waals surface area contributed by atoms with E-state index >= 15 is 0 Å². The fourth-order valence-corrected chi connectivity index (χ4v) is 2.63. The van der Waals surface area contributed by atoms with E-state index in [-0.39, 0.29) is 11.3 Å². The van der Waals surface area contributed by atoms with Gasteiger partial charge in [-0.2, -0.15) is 0 Å². The Kier molecular flexibility index (Phi) is 4.33. The third-order valence-electron chi connectivity index (χ3n) is 3.59. The van der Waals surface area contributed by atoms with Gasteiger partial charge in [0.1, 0.15) is 5.76 Å². The van der Waals surface area contributed by atoms with E-state index in [0.29, 0.717) is 17.6 Å². The van der Waals surface area contributed by atoms with Crippen molar-refractivity contribution < 1.29 is 9.21 Å². The average molecular weight is 270 g/mol. The van der Waals surface area contributed by atoms with Gasteiger partial charge in [0, 0.05) is 12.6 Å². The van der Waals surface area contributed by atoms with Crippen LogP contribution in [0, 0.1) is 0 Å². The maximum Gasteiger partial charge on any atom is 0.289 e. The fraction of sp³-hybridized carbons (Fsp3) is 0.643. The molecule has 2 heterocycles. The third-order valence-corrected chi connectivity index (χ3v) is 3.80. The Morgan fingerprint density at radius 1 is 1.56 bits per heavy atom. The highest BCUT2D eigenvalue weighted by Gasteiger charge is 2.28. The average Bonchev–Trinajstić information content (AvgIpc) is 2.87. The lowest BCUT2D eigenvalue weighted by Crippen LogP contribution is -2.43. The van der Waals surface area contributed by atoms with E-state index in [1.165, 1.54) is 6.42 Å². The second-order valence-corrected chi connectivity index (χ2v) is 5.53. The number of nitrogens with zero attached hydrogens (tertiary/aromatic N) is 1. The van der Waals surface area contributed by atoms with Crippen molar-refractivity contribution in [3.05, 3.63) is 23.7 Å². The molecule has 2 atom stereocenters. The van der Waals surface area contributed by atoms with Gasteiger partial charge in [-0.1, -0.05) is 6.92 Å². The Morgan fingerprint density at radius 3 is 2.94 bits per heavy atom. The van der Waals surface area contributed by atoms with E-state index in [2.05, 4.69) is 6.92 Å². The molecule has 0 saturated carbocycles. The molecule has 2 unspecified atom stereocenters. The van der Waals surface area contributed by atoms with Crippen LogP contribution in [-0.2, 0) is 0 Å². The molecule has 100 valence electrons. The number of carbonyl (C=O) groups is 1. The minimum Gasteiger partial charge on any atom is -0.454 e. The van der Waals surface area contributed by atoms with E-state index in [9.17, 15) is 4.79 Å². The molecule has 0 radical (unpaired) electrons. The third kappa shape index (κ3) is 2.72. The number of hydrogen-bond acceptors (Lipinski definition) is 2. The van der Waals surface area contributed by atoms with Crippen LogP contribution < -0.4 is 0 Å². The second kappa shape index (κ2) is 5.79. The normalized spacial score (nSPS) is 21.9. The summed E-state index contributed by atoms with van der Waals surface area (Å²) in [5.41, 5.74) is 0. The van der Waals surface area contributed by atoms with Gasteiger partial charge in [-0.25, -0.2) is 0 Å². The molecule has 0 bridgehead atoms. The van der Waals surface area contributed by atoms with Crippen molar-refractivity contribution in [1.29, 1.82) is 0 Å². The first kappa shape index (κ1) is 13.5. The van der Waals surface area contributed by atoms with Crippen LogP contribution in [0.1, 0.15) is 61.2 Å². The monoisotopic (exact) mass is 269 g/mol. The molecule has 0 aromatic carbocycles. The van der Waals surface area contributed by atoms with Crippen molar-refractivity contribution in [3.8, 4) is 0 Å². The first-order chi connectivity index (χ1) is 8.63. The zero-order chi connectivity index (χ0) is 13.1. The van der Waals surface area contributed by atoms with Crippen molar-refractivity contribution in [3.63, 3.8) is 0 Å². The minimum atomic E-state index is -0.199. The van der Waals surface area contributed by atoms with Crippen LogP contribution in [0.4, 0.5) is 0 Å². The SMILES string of the molecule is CCC1CCCCN1C(=O)c1ccc(C(C)Cl)o1. The highest BCUT2D eigenvalue weighted by molar-refractivity contribution is 6.20. The molecule has 1 saturated heterocycles. The number of amides is 1. The summed E-state index contributed by atoms with van der Waals surface area (Å²) >= 11 is 5.94. The van der Waals surface area contributed by atoms with Crippen LogP contribution >= 0.6 is 11.6 Å². The largest absolute Gasteiger partial charge is 0.454 e. The summed E-state index contributed by atoms with van der Waals surface area (Å²) in [6.07, 6.45) is 4.40. The van der Waals surface area contributed by atoms with E-state index < -0.39 is 0 Å². The van der Waals surface area contributed by atoms with Gasteiger partial charge >= 0.3 is 0 Å². The van der Waals surface area contributed by atoms with E-state index in [4.69, 9.17) is 16.0 Å². The molecule has 0 aliphatic carbocycles. The lowest BCUT2D eigenvalue weighted by molar-refractivity contribution is 0.0574. The summed E-state index contributed by atoms with van der Waals surface area (Å²) in [4.78, 5) is 14.3. The second-order valence-electron chi connectivity index (χ2n) is 4.87. The highest BCUT2D eigenvalue weighted by atomic mass is 35.5. The van der Waals surface area contributed by atoms with Gasteiger partial charge in [0.15, 0.2) is 5.76 Å². The van der Waals surface area contributed by atoms with Gasteiger partial charge in [0.25, 0.3) is 5.91 Å². The fourth-order valence-electron chi connectivity index (χ4n) is 2.52. The molecule has 3 nitrogen and oxygen atoms in total. The predicted octanol–water partition coefficient (Wildman–Crippen LogP) is 3.98. The van der Waals surface area contributed by atoms with E-state index in [0.717, 1.165) is 25.8 Å². The lowest BCUT2D eigenvalue weighted by Gasteiger charge is -2.34. The molecule has 1 aromatic heterocycles. The van der Waals surface area contributed by atoms with Crippen molar-refractivity contribution >= 4 is 17.5 Å². The molecular formula is C14H20ClNO2. The van der Waals surface area contributed by atoms with Crippen molar-refractivity contribution in [2.75, 3.05) is 6.54 Å². The molecular weight excluding hydrogens is 250 g/mol. The van der Waals surface area contributed by atoms with E-state index in [1.807, 2.05) is 11.8 Å². The number of halogens is 1. The molecule has 1 aliphatic heterocycles. The van der Waals surface area contributed by atoms with Crippen LogP contribution in [0.5, 0.6) is 0 Å². The summed E-state index contributed by atoms with van der Waals surface area (Å²) in [7, 11) is 0.